The van der Waals surface area contributed by atoms with E-state index in [0.29, 0.717) is 29.6 Å². The lowest BCUT2D eigenvalue weighted by Gasteiger charge is -2.36. The van der Waals surface area contributed by atoms with Crippen molar-refractivity contribution in [2.24, 2.45) is 17.3 Å². The van der Waals surface area contributed by atoms with Crippen molar-refractivity contribution in [1.29, 1.82) is 0 Å². The van der Waals surface area contributed by atoms with Crippen molar-refractivity contribution in [3.63, 3.8) is 0 Å². The van der Waals surface area contributed by atoms with Crippen LogP contribution in [-0.4, -0.2) is 40.6 Å². The van der Waals surface area contributed by atoms with Crippen LogP contribution in [0.25, 0.3) is 10.2 Å². The highest BCUT2D eigenvalue weighted by atomic mass is 32.1. The third-order valence-electron chi connectivity index (χ3n) is 7.44. The van der Waals surface area contributed by atoms with Gasteiger partial charge in [0, 0.05) is 4.88 Å². The molecule has 2 aliphatic carbocycles. The van der Waals surface area contributed by atoms with Gasteiger partial charge < -0.3 is 9.64 Å². The van der Waals surface area contributed by atoms with E-state index in [1.807, 2.05) is 19.0 Å². The van der Waals surface area contributed by atoms with E-state index in [0.717, 1.165) is 60.7 Å². The van der Waals surface area contributed by atoms with E-state index >= 15 is 0 Å². The lowest BCUT2D eigenvalue weighted by molar-refractivity contribution is -0.152. The number of aromatic nitrogens is 2. The number of fused-ring (bicyclic) bond motifs is 3. The van der Waals surface area contributed by atoms with Crippen molar-refractivity contribution in [1.82, 2.24) is 14.5 Å². The first-order chi connectivity index (χ1) is 15.5. The van der Waals surface area contributed by atoms with Crippen LogP contribution in [0.4, 0.5) is 0 Å². The second kappa shape index (κ2) is 9.49. The summed E-state index contributed by atoms with van der Waals surface area (Å²) in [6, 6.07) is 0. The third-order valence-corrected chi connectivity index (χ3v) is 8.58. The van der Waals surface area contributed by atoms with Crippen LogP contribution in [0.5, 0.6) is 0 Å². The van der Waals surface area contributed by atoms with Gasteiger partial charge in [0.05, 0.1) is 11.9 Å². The first kappa shape index (κ1) is 24.4. The quantitative estimate of drug-likeness (QED) is 0.584. The smallest absolute Gasteiger partial charge is 0.326 e. The summed E-state index contributed by atoms with van der Waals surface area (Å²) in [7, 11) is 3.90. The zero-order valence-corrected chi connectivity index (χ0v) is 21.9. The molecular weight excluding hydrogens is 434 g/mol. The standard InChI is InChI=1S/C26H39N3O3S/c1-16-7-12-19-20(13-16)33-24-23(19)25(31)29(21(27-24)14-28(5)6)15-22(30)32-18-10-8-17(9-11-18)26(2,3)4/h16-18H,7-15H2,1-6H3. The molecule has 33 heavy (non-hydrogen) atoms. The van der Waals surface area contributed by atoms with Crippen molar-refractivity contribution >= 4 is 27.5 Å². The number of thiophene rings is 1. The third kappa shape index (κ3) is 5.35. The summed E-state index contributed by atoms with van der Waals surface area (Å²) in [6.07, 6.45) is 6.95. The average Bonchev–Trinajstić information content (AvgIpc) is 3.07. The highest BCUT2D eigenvalue weighted by molar-refractivity contribution is 7.18. The van der Waals surface area contributed by atoms with Gasteiger partial charge in [-0.3, -0.25) is 14.2 Å². The summed E-state index contributed by atoms with van der Waals surface area (Å²) < 4.78 is 7.42. The predicted octanol–water partition coefficient (Wildman–Crippen LogP) is 4.79. The van der Waals surface area contributed by atoms with Gasteiger partial charge in [-0.25, -0.2) is 4.98 Å². The lowest BCUT2D eigenvalue weighted by atomic mass is 9.72. The summed E-state index contributed by atoms with van der Waals surface area (Å²) in [6.45, 7) is 9.57. The van der Waals surface area contributed by atoms with E-state index in [9.17, 15) is 9.59 Å². The Morgan fingerprint density at radius 2 is 1.88 bits per heavy atom. The Hall–Kier alpha value is -1.73. The molecule has 0 spiro atoms. The Labute approximate surface area is 201 Å². The molecule has 2 heterocycles. The Bertz CT molecular complexity index is 1070. The maximum Gasteiger partial charge on any atom is 0.326 e. The Balaban J connectivity index is 1.56. The van der Waals surface area contributed by atoms with Crippen molar-refractivity contribution < 1.29 is 9.53 Å². The molecule has 2 aliphatic rings. The maximum absolute atomic E-state index is 13.6. The minimum atomic E-state index is -0.324. The average molecular weight is 474 g/mol. The Morgan fingerprint density at radius 3 is 2.52 bits per heavy atom. The topological polar surface area (TPSA) is 64.4 Å². The van der Waals surface area contributed by atoms with Crippen LogP contribution >= 0.6 is 11.3 Å². The molecule has 0 N–H and O–H groups in total. The van der Waals surface area contributed by atoms with Gasteiger partial charge in [-0.05, 0) is 81.9 Å². The fourth-order valence-electron chi connectivity index (χ4n) is 5.43. The molecule has 7 heteroatoms. The number of ether oxygens (including phenoxy) is 1. The molecule has 0 radical (unpaired) electrons. The van der Waals surface area contributed by atoms with Gasteiger partial charge >= 0.3 is 5.97 Å². The summed E-state index contributed by atoms with van der Waals surface area (Å²) in [5.74, 6) is 1.62. The van der Waals surface area contributed by atoms with E-state index < -0.39 is 0 Å². The molecule has 4 rings (SSSR count). The van der Waals surface area contributed by atoms with E-state index in [-0.39, 0.29) is 24.2 Å². The highest BCUT2D eigenvalue weighted by Crippen LogP contribution is 2.39. The molecule has 0 saturated heterocycles. The SMILES string of the molecule is CC1CCc2c(sc3nc(CN(C)C)n(CC(=O)OC4CCC(C(C)(C)C)CC4)c(=O)c23)C1. The number of rotatable bonds is 5. The Morgan fingerprint density at radius 1 is 1.18 bits per heavy atom. The largest absolute Gasteiger partial charge is 0.461 e. The number of esters is 1. The first-order valence-corrected chi connectivity index (χ1v) is 13.2. The van der Waals surface area contributed by atoms with Crippen molar-refractivity contribution in [2.75, 3.05) is 14.1 Å². The molecule has 1 atom stereocenters. The van der Waals surface area contributed by atoms with Crippen molar-refractivity contribution in [3.8, 4) is 0 Å². The van der Waals surface area contributed by atoms with Crippen molar-refractivity contribution in [2.45, 2.75) is 91.8 Å². The van der Waals surface area contributed by atoms with Crippen LogP contribution in [0.15, 0.2) is 4.79 Å². The van der Waals surface area contributed by atoms with E-state index in [2.05, 4.69) is 27.7 Å². The molecule has 2 aromatic rings. The number of nitrogens with zero attached hydrogens (tertiary/aromatic N) is 3. The molecule has 1 unspecified atom stereocenters. The van der Waals surface area contributed by atoms with Crippen LogP contribution in [0.1, 0.15) is 76.1 Å². The minimum Gasteiger partial charge on any atom is -0.461 e. The van der Waals surface area contributed by atoms with Crippen LogP contribution < -0.4 is 5.56 Å². The molecule has 182 valence electrons. The van der Waals surface area contributed by atoms with Gasteiger partial charge in [0.1, 0.15) is 23.3 Å². The number of hydrogen-bond donors (Lipinski definition) is 0. The van der Waals surface area contributed by atoms with Crippen LogP contribution in [-0.2, 0) is 35.5 Å². The number of aryl methyl sites for hydroxylation is 1. The molecule has 1 fully saturated rings. The fraction of sp³-hybridized carbons (Fsp3) is 0.731. The number of carbonyl (C=O) groups is 1. The summed E-state index contributed by atoms with van der Waals surface area (Å²) >= 11 is 1.66. The highest BCUT2D eigenvalue weighted by Gasteiger charge is 2.31. The van der Waals surface area contributed by atoms with E-state index in [1.165, 1.54) is 4.88 Å². The maximum atomic E-state index is 13.6. The molecule has 0 bridgehead atoms. The second-order valence-corrected chi connectivity index (χ2v) is 12.6. The molecule has 1 saturated carbocycles. The lowest BCUT2D eigenvalue weighted by Crippen LogP contribution is -2.34. The minimum absolute atomic E-state index is 0.0452. The predicted molar refractivity (Wildman–Crippen MR) is 134 cm³/mol. The van der Waals surface area contributed by atoms with Crippen LogP contribution in [0.2, 0.25) is 0 Å². The van der Waals surface area contributed by atoms with E-state index in [1.54, 1.807) is 15.9 Å². The normalized spacial score (nSPS) is 23.7. The summed E-state index contributed by atoms with van der Waals surface area (Å²) in [5.41, 5.74) is 1.36. The zero-order valence-electron chi connectivity index (χ0n) is 21.1. The summed E-state index contributed by atoms with van der Waals surface area (Å²) in [5, 5.41) is 0.725. The van der Waals surface area contributed by atoms with Gasteiger partial charge in [-0.15, -0.1) is 11.3 Å². The first-order valence-electron chi connectivity index (χ1n) is 12.4. The molecule has 0 aromatic carbocycles. The Kier molecular flexibility index (Phi) is 7.02. The monoisotopic (exact) mass is 473 g/mol. The van der Waals surface area contributed by atoms with Gasteiger partial charge in [0.15, 0.2) is 0 Å². The van der Waals surface area contributed by atoms with Gasteiger partial charge in [-0.1, -0.05) is 27.7 Å². The zero-order chi connectivity index (χ0) is 23.9. The summed E-state index contributed by atoms with van der Waals surface area (Å²) in [4.78, 5) is 35.5. The van der Waals surface area contributed by atoms with Gasteiger partial charge in [0.2, 0.25) is 0 Å². The van der Waals surface area contributed by atoms with Crippen LogP contribution in [0, 0.1) is 17.3 Å². The second-order valence-electron chi connectivity index (χ2n) is 11.5. The molecule has 0 amide bonds. The molecule has 0 aliphatic heterocycles. The van der Waals surface area contributed by atoms with Crippen LogP contribution in [0.3, 0.4) is 0 Å². The number of carbonyl (C=O) groups excluding carboxylic acids is 1. The van der Waals surface area contributed by atoms with Gasteiger partial charge in [-0.2, -0.15) is 0 Å². The fourth-order valence-corrected chi connectivity index (χ4v) is 6.82. The van der Waals surface area contributed by atoms with Crippen molar-refractivity contribution in [3.05, 3.63) is 26.6 Å². The molecule has 2 aromatic heterocycles. The van der Waals surface area contributed by atoms with Gasteiger partial charge in [0.25, 0.3) is 5.56 Å². The number of hydrogen-bond acceptors (Lipinski definition) is 6. The molecular formula is C26H39N3O3S. The molecule has 6 nitrogen and oxygen atoms in total. The van der Waals surface area contributed by atoms with E-state index in [4.69, 9.17) is 9.72 Å².